The Kier molecular flexibility index (Phi) is 6.02. The Labute approximate surface area is 123 Å². The fourth-order valence-electron chi connectivity index (χ4n) is 1.44. The first-order valence-corrected chi connectivity index (χ1v) is 6.12. The molecule has 1 aromatic rings. The largest absolute Gasteiger partial charge is 0.466 e. The number of carbonyl (C=O) groups is 2. The molecule has 1 aromatic carbocycles. The van der Waals surface area contributed by atoms with E-state index in [4.69, 9.17) is 10.5 Å². The van der Waals surface area contributed by atoms with Gasteiger partial charge in [-0.1, -0.05) is 0 Å². The van der Waals surface area contributed by atoms with Crippen LogP contribution in [0.3, 0.4) is 0 Å². The average Bonchev–Trinajstić information content (AvgIpc) is 2.37. The molecular formula is C13H14F3NO5. The second-order valence-electron chi connectivity index (χ2n) is 4.14. The van der Waals surface area contributed by atoms with Gasteiger partial charge in [-0.15, -0.1) is 0 Å². The highest BCUT2D eigenvalue weighted by molar-refractivity contribution is 5.66. The van der Waals surface area contributed by atoms with Crippen molar-refractivity contribution in [3.8, 4) is 5.75 Å². The maximum absolute atomic E-state index is 12.4. The van der Waals surface area contributed by atoms with E-state index in [-0.39, 0.29) is 18.8 Å². The molecule has 122 valence electrons. The quantitative estimate of drug-likeness (QED) is 0.642. The Morgan fingerprint density at radius 1 is 1.23 bits per heavy atom. The summed E-state index contributed by atoms with van der Waals surface area (Å²) in [6, 6.07) is 3.80. The second kappa shape index (κ2) is 7.53. The topological polar surface area (TPSA) is 87.9 Å². The highest BCUT2D eigenvalue weighted by Crippen LogP contribution is 2.30. The number of carbonyl (C=O) groups excluding carboxylic acids is 2. The molecule has 0 heterocycles. The first kappa shape index (κ1) is 17.6. The number of rotatable bonds is 6. The molecular weight excluding hydrogens is 307 g/mol. The van der Waals surface area contributed by atoms with E-state index in [1.807, 2.05) is 0 Å². The van der Waals surface area contributed by atoms with E-state index in [0.29, 0.717) is 0 Å². The van der Waals surface area contributed by atoms with Crippen LogP contribution in [0.1, 0.15) is 18.9 Å². The number of hydrogen-bond acceptors (Lipinski definition) is 5. The van der Waals surface area contributed by atoms with Gasteiger partial charge in [-0.2, -0.15) is 13.2 Å². The lowest BCUT2D eigenvalue weighted by Crippen LogP contribution is -2.29. The minimum Gasteiger partial charge on any atom is -0.466 e. The predicted octanol–water partition coefficient (Wildman–Crippen LogP) is 2.46. The average molecular weight is 321 g/mol. The fraction of sp³-hybridized carbons (Fsp3) is 0.385. The number of benzene rings is 1. The summed E-state index contributed by atoms with van der Waals surface area (Å²) in [6.07, 6.45) is -6.80. The normalized spacial score (nSPS) is 12.4. The maximum Gasteiger partial charge on any atom is 0.416 e. The van der Waals surface area contributed by atoms with Gasteiger partial charge in [0.1, 0.15) is 5.75 Å². The van der Waals surface area contributed by atoms with Crippen molar-refractivity contribution in [3.05, 3.63) is 29.8 Å². The van der Waals surface area contributed by atoms with Gasteiger partial charge in [0.25, 0.3) is 0 Å². The van der Waals surface area contributed by atoms with Gasteiger partial charge in [-0.25, -0.2) is 4.79 Å². The van der Waals surface area contributed by atoms with Crippen LogP contribution in [0.2, 0.25) is 0 Å². The fourth-order valence-corrected chi connectivity index (χ4v) is 1.44. The zero-order chi connectivity index (χ0) is 16.8. The van der Waals surface area contributed by atoms with Gasteiger partial charge in [0.15, 0.2) is 0 Å². The molecule has 0 saturated carbocycles. The molecule has 1 atom stereocenters. The predicted molar refractivity (Wildman–Crippen MR) is 67.8 cm³/mol. The number of hydrogen-bond donors (Lipinski definition) is 1. The van der Waals surface area contributed by atoms with Gasteiger partial charge in [0.05, 0.1) is 18.6 Å². The molecule has 0 aromatic heterocycles. The third kappa shape index (κ3) is 6.33. The van der Waals surface area contributed by atoms with E-state index in [1.54, 1.807) is 0 Å². The van der Waals surface area contributed by atoms with Gasteiger partial charge in [-0.3, -0.25) is 4.79 Å². The molecule has 6 nitrogen and oxygen atoms in total. The van der Waals surface area contributed by atoms with E-state index in [9.17, 15) is 22.8 Å². The van der Waals surface area contributed by atoms with Crippen LogP contribution in [0.15, 0.2) is 24.3 Å². The van der Waals surface area contributed by atoms with E-state index >= 15 is 0 Å². The molecule has 1 amide bonds. The Balaban J connectivity index is 2.67. The summed E-state index contributed by atoms with van der Waals surface area (Å²) in [5, 5.41) is 0. The number of halogens is 3. The highest BCUT2D eigenvalue weighted by atomic mass is 19.4. The van der Waals surface area contributed by atoms with Gasteiger partial charge < -0.3 is 19.9 Å². The van der Waals surface area contributed by atoms with Gasteiger partial charge in [0, 0.05) is 6.92 Å². The van der Waals surface area contributed by atoms with Crippen molar-refractivity contribution in [1.82, 2.24) is 0 Å². The second-order valence-corrected chi connectivity index (χ2v) is 4.14. The van der Waals surface area contributed by atoms with Crippen LogP contribution in [-0.4, -0.2) is 25.0 Å². The maximum atomic E-state index is 12.4. The Morgan fingerprint density at radius 3 is 2.27 bits per heavy atom. The minimum atomic E-state index is -4.46. The zero-order valence-electron chi connectivity index (χ0n) is 11.6. The summed E-state index contributed by atoms with van der Waals surface area (Å²) in [7, 11) is 0. The van der Waals surface area contributed by atoms with Crippen molar-refractivity contribution < 1.29 is 37.0 Å². The summed E-state index contributed by atoms with van der Waals surface area (Å²) in [5.74, 6) is -0.491. The van der Waals surface area contributed by atoms with Crippen LogP contribution in [0, 0.1) is 0 Å². The smallest absolute Gasteiger partial charge is 0.416 e. The molecule has 0 unspecified atom stereocenters. The molecule has 1 rings (SSSR count). The molecule has 2 N–H and O–H groups in total. The van der Waals surface area contributed by atoms with Gasteiger partial charge in [-0.05, 0) is 24.3 Å². The van der Waals surface area contributed by atoms with Crippen LogP contribution in [-0.2, 0) is 20.4 Å². The Bertz CT molecular complexity index is 515. The van der Waals surface area contributed by atoms with E-state index in [1.165, 1.54) is 6.92 Å². The van der Waals surface area contributed by atoms with Crippen molar-refractivity contribution in [1.29, 1.82) is 0 Å². The zero-order valence-corrected chi connectivity index (χ0v) is 11.6. The summed E-state index contributed by atoms with van der Waals surface area (Å²) < 4.78 is 51.7. The molecule has 0 aliphatic heterocycles. The van der Waals surface area contributed by atoms with Crippen LogP contribution in [0.4, 0.5) is 18.0 Å². The summed E-state index contributed by atoms with van der Waals surface area (Å²) in [5.41, 5.74) is 4.02. The van der Waals surface area contributed by atoms with Gasteiger partial charge >= 0.3 is 18.2 Å². The molecule has 0 spiro atoms. The highest BCUT2D eigenvalue weighted by Gasteiger charge is 2.30. The van der Waals surface area contributed by atoms with Crippen LogP contribution < -0.4 is 10.5 Å². The lowest BCUT2D eigenvalue weighted by Gasteiger charge is -2.18. The first-order valence-electron chi connectivity index (χ1n) is 6.12. The monoisotopic (exact) mass is 321 g/mol. The summed E-state index contributed by atoms with van der Waals surface area (Å²) in [6.45, 7) is 1.09. The Hall–Kier alpha value is -2.45. The molecule has 0 aliphatic carbocycles. The number of primary amides is 1. The lowest BCUT2D eigenvalue weighted by atomic mass is 10.2. The molecule has 0 bridgehead atoms. The summed E-state index contributed by atoms with van der Waals surface area (Å²) in [4.78, 5) is 21.4. The number of alkyl halides is 3. The van der Waals surface area contributed by atoms with E-state index in [2.05, 4.69) is 9.47 Å². The third-order valence-corrected chi connectivity index (χ3v) is 2.36. The van der Waals surface area contributed by atoms with Crippen LogP contribution >= 0.6 is 0 Å². The molecule has 0 fully saturated rings. The van der Waals surface area contributed by atoms with Crippen LogP contribution in [0.5, 0.6) is 5.75 Å². The van der Waals surface area contributed by atoms with Gasteiger partial charge in [0.2, 0.25) is 6.29 Å². The lowest BCUT2D eigenvalue weighted by molar-refractivity contribution is -0.143. The van der Waals surface area contributed by atoms with E-state index in [0.717, 1.165) is 24.3 Å². The van der Waals surface area contributed by atoms with Crippen molar-refractivity contribution in [3.63, 3.8) is 0 Å². The number of ether oxygens (including phenoxy) is 3. The number of nitrogens with two attached hydrogens (primary N) is 1. The summed E-state index contributed by atoms with van der Waals surface area (Å²) >= 11 is 0. The Morgan fingerprint density at radius 2 is 1.82 bits per heavy atom. The standard InChI is InChI=1S/C13H14F3NO5/c1-8(18)20-7-6-11(22-12(17)19)21-10-4-2-9(3-5-10)13(14,15)16/h2-5,11H,6-7H2,1H3,(H2,17,19)/t11-/m0/s1. The molecule has 0 aliphatic rings. The van der Waals surface area contributed by atoms with Crippen LogP contribution in [0.25, 0.3) is 0 Å². The first-order chi connectivity index (χ1) is 10.2. The minimum absolute atomic E-state index is 0.0243. The molecule has 0 saturated heterocycles. The van der Waals surface area contributed by atoms with Crippen molar-refractivity contribution in [2.24, 2.45) is 5.73 Å². The van der Waals surface area contributed by atoms with Crippen molar-refractivity contribution >= 4 is 12.1 Å². The number of esters is 1. The number of amides is 1. The van der Waals surface area contributed by atoms with E-state index < -0.39 is 30.1 Å². The molecule has 0 radical (unpaired) electrons. The molecule has 22 heavy (non-hydrogen) atoms. The third-order valence-electron chi connectivity index (χ3n) is 2.36. The van der Waals surface area contributed by atoms with Crippen molar-refractivity contribution in [2.75, 3.05) is 6.61 Å². The SMILES string of the molecule is CC(=O)OCC[C@H](OC(N)=O)Oc1ccc(C(F)(F)F)cc1. The van der Waals surface area contributed by atoms with Crippen molar-refractivity contribution in [2.45, 2.75) is 25.8 Å². The molecule has 9 heteroatoms.